The third-order valence-corrected chi connectivity index (χ3v) is 7.53. The van der Waals surface area contributed by atoms with Crippen LogP contribution in [0.25, 0.3) is 0 Å². The van der Waals surface area contributed by atoms with E-state index in [1.54, 1.807) is 4.90 Å². The average Bonchev–Trinajstić information content (AvgIpc) is 3.23. The lowest BCUT2D eigenvalue weighted by atomic mass is 10.2. The number of benzene rings is 1. The minimum Gasteiger partial charge on any atom is -0.449 e. The Morgan fingerprint density at radius 3 is 2.29 bits per heavy atom. The predicted octanol–water partition coefficient (Wildman–Crippen LogP) is 2.68. The summed E-state index contributed by atoms with van der Waals surface area (Å²) in [5.41, 5.74) is 0.0565. The molecule has 0 N–H and O–H groups in total. The van der Waals surface area contributed by atoms with Crippen molar-refractivity contribution in [2.45, 2.75) is 50.0 Å². The molecule has 1 aromatic carbocycles. The minimum atomic E-state index is -3.79. The van der Waals surface area contributed by atoms with Gasteiger partial charge >= 0.3 is 5.97 Å². The highest BCUT2D eigenvalue weighted by atomic mass is 35.5. The number of carbonyl (C=O) groups excluding carboxylic acids is 2. The van der Waals surface area contributed by atoms with E-state index in [2.05, 4.69) is 0 Å². The molecule has 1 unspecified atom stereocenters. The van der Waals surface area contributed by atoms with Gasteiger partial charge in [0.1, 0.15) is 4.90 Å². The van der Waals surface area contributed by atoms with Gasteiger partial charge in [0.05, 0.1) is 10.6 Å². The van der Waals surface area contributed by atoms with Crippen LogP contribution in [-0.2, 0) is 19.6 Å². The van der Waals surface area contributed by atoms with Crippen molar-refractivity contribution in [3.05, 3.63) is 28.8 Å². The van der Waals surface area contributed by atoms with Gasteiger partial charge in [-0.3, -0.25) is 4.79 Å². The molecule has 7 nitrogen and oxygen atoms in total. The summed E-state index contributed by atoms with van der Waals surface area (Å²) in [6, 6.07) is 4.02. The summed E-state index contributed by atoms with van der Waals surface area (Å²) < 4.78 is 32.5. The monoisotopic (exact) mass is 428 g/mol. The van der Waals surface area contributed by atoms with Gasteiger partial charge < -0.3 is 9.64 Å². The highest BCUT2D eigenvalue weighted by Crippen LogP contribution is 2.28. The van der Waals surface area contributed by atoms with Crippen molar-refractivity contribution >= 4 is 33.5 Å². The van der Waals surface area contributed by atoms with Crippen molar-refractivity contribution in [1.29, 1.82) is 0 Å². The molecule has 2 saturated heterocycles. The Morgan fingerprint density at radius 2 is 1.64 bits per heavy atom. The first kappa shape index (κ1) is 21.1. The Morgan fingerprint density at radius 1 is 1.04 bits per heavy atom. The molecule has 154 valence electrons. The SMILES string of the molecule is CC(OC(=O)c1ccc(Cl)c(S(=O)(=O)N2CCCCC2)c1)C(=O)N1CCCC1. The molecule has 0 radical (unpaired) electrons. The van der Waals surface area contributed by atoms with E-state index in [1.165, 1.54) is 29.4 Å². The number of nitrogens with zero attached hydrogens (tertiary/aromatic N) is 2. The quantitative estimate of drug-likeness (QED) is 0.673. The number of rotatable bonds is 5. The van der Waals surface area contributed by atoms with Gasteiger partial charge in [0.2, 0.25) is 10.0 Å². The number of hydrogen-bond donors (Lipinski definition) is 0. The van der Waals surface area contributed by atoms with E-state index in [0.29, 0.717) is 26.2 Å². The van der Waals surface area contributed by atoms with Crippen LogP contribution < -0.4 is 0 Å². The molecule has 3 rings (SSSR count). The summed E-state index contributed by atoms with van der Waals surface area (Å²) in [6.07, 6.45) is 3.56. The van der Waals surface area contributed by atoms with Crippen LogP contribution in [0.2, 0.25) is 5.02 Å². The molecular formula is C19H25ClN2O5S. The van der Waals surface area contributed by atoms with Crippen LogP contribution in [0.4, 0.5) is 0 Å². The number of amides is 1. The van der Waals surface area contributed by atoms with Gasteiger partial charge in [-0.15, -0.1) is 0 Å². The summed E-state index contributed by atoms with van der Waals surface area (Å²) in [5, 5.41) is 0.0586. The van der Waals surface area contributed by atoms with Crippen LogP contribution in [0, 0.1) is 0 Å². The number of carbonyl (C=O) groups is 2. The van der Waals surface area contributed by atoms with E-state index in [1.807, 2.05) is 0 Å². The fraction of sp³-hybridized carbons (Fsp3) is 0.579. The largest absolute Gasteiger partial charge is 0.449 e. The number of ether oxygens (including phenoxy) is 1. The lowest BCUT2D eigenvalue weighted by Crippen LogP contribution is -2.38. The van der Waals surface area contributed by atoms with Crippen molar-refractivity contribution in [2.24, 2.45) is 0 Å². The summed E-state index contributed by atoms with van der Waals surface area (Å²) in [6.45, 7) is 3.74. The van der Waals surface area contributed by atoms with Gasteiger partial charge in [0.25, 0.3) is 5.91 Å². The number of sulfonamides is 1. The third-order valence-electron chi connectivity index (χ3n) is 5.15. The zero-order chi connectivity index (χ0) is 20.3. The molecule has 1 aromatic rings. The van der Waals surface area contributed by atoms with Gasteiger partial charge in [-0.1, -0.05) is 18.0 Å². The Bertz CT molecular complexity index is 846. The van der Waals surface area contributed by atoms with Gasteiger partial charge in [0, 0.05) is 26.2 Å². The van der Waals surface area contributed by atoms with Crippen molar-refractivity contribution < 1.29 is 22.7 Å². The van der Waals surface area contributed by atoms with E-state index < -0.39 is 22.1 Å². The Hall–Kier alpha value is -1.64. The molecule has 9 heteroatoms. The van der Waals surface area contributed by atoms with Gasteiger partial charge in [0.15, 0.2) is 6.10 Å². The number of halogens is 1. The second-order valence-electron chi connectivity index (χ2n) is 7.19. The smallest absolute Gasteiger partial charge is 0.338 e. The zero-order valence-corrected chi connectivity index (χ0v) is 17.5. The first-order chi connectivity index (χ1) is 13.3. The van der Waals surface area contributed by atoms with Crippen LogP contribution in [0.1, 0.15) is 49.4 Å². The molecule has 2 fully saturated rings. The zero-order valence-electron chi connectivity index (χ0n) is 15.9. The topological polar surface area (TPSA) is 84.0 Å². The normalized spacial score (nSPS) is 19.4. The summed E-state index contributed by atoms with van der Waals surface area (Å²) in [7, 11) is -3.79. The molecule has 0 bridgehead atoms. The van der Waals surface area contributed by atoms with E-state index >= 15 is 0 Å². The van der Waals surface area contributed by atoms with Crippen molar-refractivity contribution in [2.75, 3.05) is 26.2 Å². The maximum absolute atomic E-state index is 12.9. The molecule has 28 heavy (non-hydrogen) atoms. The highest BCUT2D eigenvalue weighted by Gasteiger charge is 2.30. The first-order valence-corrected chi connectivity index (χ1v) is 11.4. The lowest BCUT2D eigenvalue weighted by Gasteiger charge is -2.26. The van der Waals surface area contributed by atoms with Crippen molar-refractivity contribution in [1.82, 2.24) is 9.21 Å². The molecule has 1 amide bonds. The van der Waals surface area contributed by atoms with Crippen LogP contribution in [0.5, 0.6) is 0 Å². The van der Waals surface area contributed by atoms with Gasteiger partial charge in [-0.2, -0.15) is 4.31 Å². The number of piperidine rings is 1. The first-order valence-electron chi connectivity index (χ1n) is 9.60. The second kappa shape index (κ2) is 8.80. The lowest BCUT2D eigenvalue weighted by molar-refractivity contribution is -0.138. The van der Waals surface area contributed by atoms with Crippen molar-refractivity contribution in [3.63, 3.8) is 0 Å². The maximum Gasteiger partial charge on any atom is 0.338 e. The third kappa shape index (κ3) is 4.50. The van der Waals surface area contributed by atoms with E-state index in [4.69, 9.17) is 16.3 Å². The molecule has 2 aliphatic rings. The maximum atomic E-state index is 12.9. The summed E-state index contributed by atoms with van der Waals surface area (Å²) in [5.74, 6) is -0.979. The Labute approximate surface area is 170 Å². The fourth-order valence-electron chi connectivity index (χ4n) is 3.55. The standard InChI is InChI=1S/C19H25ClN2O5S/c1-14(18(23)21-9-5-6-10-21)27-19(24)15-7-8-16(20)17(13-15)28(25,26)22-11-3-2-4-12-22/h7-8,13-14H,2-6,9-12H2,1H3. The fourth-order valence-corrected chi connectivity index (χ4v) is 5.56. The molecule has 2 heterocycles. The number of hydrogen-bond acceptors (Lipinski definition) is 5. The van der Waals surface area contributed by atoms with Crippen LogP contribution in [-0.4, -0.2) is 61.8 Å². The van der Waals surface area contributed by atoms with Crippen LogP contribution in [0.3, 0.4) is 0 Å². The molecule has 2 aliphatic heterocycles. The Kier molecular flexibility index (Phi) is 6.62. The summed E-state index contributed by atoms with van der Waals surface area (Å²) in [4.78, 5) is 26.4. The van der Waals surface area contributed by atoms with E-state index in [-0.39, 0.29) is 21.4 Å². The predicted molar refractivity (Wildman–Crippen MR) is 105 cm³/mol. The van der Waals surface area contributed by atoms with Crippen molar-refractivity contribution in [3.8, 4) is 0 Å². The Balaban J connectivity index is 1.76. The molecule has 0 spiro atoms. The second-order valence-corrected chi connectivity index (χ2v) is 9.50. The molecule has 0 aliphatic carbocycles. The average molecular weight is 429 g/mol. The molecule has 1 atom stereocenters. The van der Waals surface area contributed by atoms with Gasteiger partial charge in [-0.05, 0) is 50.8 Å². The van der Waals surface area contributed by atoms with E-state index in [9.17, 15) is 18.0 Å². The number of esters is 1. The van der Waals surface area contributed by atoms with E-state index in [0.717, 1.165) is 32.1 Å². The molecule has 0 aromatic heterocycles. The van der Waals surface area contributed by atoms with Crippen LogP contribution in [0.15, 0.2) is 23.1 Å². The minimum absolute atomic E-state index is 0.0565. The molecule has 0 saturated carbocycles. The summed E-state index contributed by atoms with van der Waals surface area (Å²) >= 11 is 6.13. The molecular weight excluding hydrogens is 404 g/mol. The van der Waals surface area contributed by atoms with Crippen LogP contribution >= 0.6 is 11.6 Å². The number of likely N-dealkylation sites (tertiary alicyclic amines) is 1. The van der Waals surface area contributed by atoms with Gasteiger partial charge in [-0.25, -0.2) is 13.2 Å². The highest BCUT2D eigenvalue weighted by molar-refractivity contribution is 7.89.